The molecule has 0 aliphatic carbocycles. The van der Waals surface area contributed by atoms with Crippen molar-refractivity contribution >= 4 is 29.6 Å². The number of aromatic nitrogens is 1. The minimum absolute atomic E-state index is 0.956. The molecule has 1 aromatic heterocycles. The number of rotatable bonds is 2. The number of thiol groups is 1. The number of allylic oxidation sites excluding steroid dienone is 2. The van der Waals surface area contributed by atoms with Gasteiger partial charge in [0.05, 0.1) is 5.52 Å². The molecule has 0 saturated heterocycles. The maximum absolute atomic E-state index is 4.49. The third kappa shape index (κ3) is 1.89. The quantitative estimate of drug-likeness (QED) is 0.603. The molecule has 1 aromatic carbocycles. The lowest BCUT2D eigenvalue weighted by Gasteiger charge is -2.07. The summed E-state index contributed by atoms with van der Waals surface area (Å²) in [7, 11) is 0. The molecule has 0 N–H and O–H groups in total. The average Bonchev–Trinajstić information content (AvgIpc) is 2.32. The summed E-state index contributed by atoms with van der Waals surface area (Å²) >= 11 is 4.49. The molecule has 0 fully saturated rings. The summed E-state index contributed by atoms with van der Waals surface area (Å²) in [6.45, 7) is 5.74. The Morgan fingerprint density at radius 2 is 2.25 bits per heavy atom. The van der Waals surface area contributed by atoms with Gasteiger partial charge in [-0.2, -0.15) is 0 Å². The van der Waals surface area contributed by atoms with E-state index in [0.29, 0.717) is 0 Å². The number of benzene rings is 1. The lowest BCUT2D eigenvalue weighted by atomic mass is 10.0. The van der Waals surface area contributed by atoms with Crippen LogP contribution in [0.5, 0.6) is 0 Å². The molecule has 0 saturated carbocycles. The summed E-state index contributed by atoms with van der Waals surface area (Å²) in [5, 5.41) is 1.10. The van der Waals surface area contributed by atoms with Crippen LogP contribution >= 0.6 is 12.6 Å². The Hall–Kier alpha value is -1.54. The highest BCUT2D eigenvalue weighted by Gasteiger charge is 2.05. The van der Waals surface area contributed by atoms with Crippen molar-refractivity contribution in [2.24, 2.45) is 0 Å². The summed E-state index contributed by atoms with van der Waals surface area (Å²) in [4.78, 5) is 5.36. The monoisotopic (exact) mass is 227 g/mol. The van der Waals surface area contributed by atoms with E-state index < -0.39 is 0 Å². The molecule has 0 spiro atoms. The van der Waals surface area contributed by atoms with Crippen molar-refractivity contribution in [2.75, 3.05) is 0 Å². The molecular weight excluding hydrogens is 214 g/mol. The highest BCUT2D eigenvalue weighted by Crippen LogP contribution is 2.27. The number of nitrogens with zero attached hydrogens (tertiary/aromatic N) is 1. The first-order valence-electron chi connectivity index (χ1n) is 5.10. The van der Waals surface area contributed by atoms with Gasteiger partial charge in [0.25, 0.3) is 0 Å². The zero-order valence-corrected chi connectivity index (χ0v) is 10.0. The molecule has 2 rings (SSSR count). The number of hydrogen-bond donors (Lipinski definition) is 1. The van der Waals surface area contributed by atoms with Gasteiger partial charge in [-0.1, -0.05) is 30.9 Å². The van der Waals surface area contributed by atoms with Crippen LogP contribution in [0.2, 0.25) is 0 Å². The predicted octanol–water partition coefficient (Wildman–Crippen LogP) is 4.03. The predicted molar refractivity (Wildman–Crippen MR) is 73.0 cm³/mol. The van der Waals surface area contributed by atoms with E-state index in [9.17, 15) is 0 Å². The van der Waals surface area contributed by atoms with Crippen molar-refractivity contribution in [2.45, 2.75) is 11.8 Å². The van der Waals surface area contributed by atoms with Gasteiger partial charge in [-0.3, -0.25) is 4.98 Å². The third-order valence-electron chi connectivity index (χ3n) is 2.58. The van der Waals surface area contributed by atoms with Crippen LogP contribution < -0.4 is 0 Å². The fraction of sp³-hybridized carbons (Fsp3) is 0.0714. The van der Waals surface area contributed by atoms with Crippen LogP contribution in [0.15, 0.2) is 48.0 Å². The molecule has 80 valence electrons. The van der Waals surface area contributed by atoms with Crippen LogP contribution in [-0.2, 0) is 0 Å². The Morgan fingerprint density at radius 3 is 3.00 bits per heavy atom. The standard InChI is InChI=1S/C14H13NS/c1-3-4-6-11-9-13(16)12-7-5-8-15-14(12)10(11)2/h3-9,16H,1H2,2H3/b6-4-. The molecule has 0 aliphatic heterocycles. The van der Waals surface area contributed by atoms with Crippen LogP contribution in [0.4, 0.5) is 0 Å². The fourth-order valence-corrected chi connectivity index (χ4v) is 2.05. The van der Waals surface area contributed by atoms with Crippen molar-refractivity contribution in [1.29, 1.82) is 0 Å². The fourth-order valence-electron chi connectivity index (χ4n) is 1.73. The van der Waals surface area contributed by atoms with Gasteiger partial charge in [-0.15, -0.1) is 12.6 Å². The van der Waals surface area contributed by atoms with Crippen molar-refractivity contribution < 1.29 is 0 Å². The van der Waals surface area contributed by atoms with Gasteiger partial charge in [0, 0.05) is 16.5 Å². The molecule has 0 radical (unpaired) electrons. The van der Waals surface area contributed by atoms with Crippen LogP contribution in [0, 0.1) is 6.92 Å². The Bertz CT molecular complexity index is 570. The second kappa shape index (κ2) is 4.54. The van der Waals surface area contributed by atoms with Gasteiger partial charge in [0.1, 0.15) is 0 Å². The molecule has 0 amide bonds. The van der Waals surface area contributed by atoms with Crippen LogP contribution in [0.25, 0.3) is 17.0 Å². The summed E-state index contributed by atoms with van der Waals surface area (Å²) in [6.07, 6.45) is 7.52. The molecule has 0 bridgehead atoms. The number of fused-ring (bicyclic) bond motifs is 1. The molecule has 0 atom stereocenters. The van der Waals surface area contributed by atoms with E-state index in [1.165, 1.54) is 5.56 Å². The lowest BCUT2D eigenvalue weighted by molar-refractivity contribution is 1.33. The molecular formula is C14H13NS. The zero-order valence-electron chi connectivity index (χ0n) is 9.14. The highest BCUT2D eigenvalue weighted by molar-refractivity contribution is 7.80. The first-order valence-corrected chi connectivity index (χ1v) is 5.55. The summed E-state index contributed by atoms with van der Waals surface area (Å²) in [5.41, 5.74) is 3.32. The second-order valence-electron chi connectivity index (χ2n) is 3.60. The van der Waals surface area contributed by atoms with Crippen LogP contribution in [0.1, 0.15) is 11.1 Å². The van der Waals surface area contributed by atoms with E-state index in [1.54, 1.807) is 6.08 Å². The van der Waals surface area contributed by atoms with Crippen molar-refractivity contribution in [3.63, 3.8) is 0 Å². The smallest absolute Gasteiger partial charge is 0.0748 e. The molecule has 2 heteroatoms. The van der Waals surface area contributed by atoms with Crippen LogP contribution in [-0.4, -0.2) is 4.98 Å². The maximum atomic E-state index is 4.49. The van der Waals surface area contributed by atoms with E-state index in [-0.39, 0.29) is 0 Å². The molecule has 1 heterocycles. The first kappa shape index (κ1) is 11.0. The van der Waals surface area contributed by atoms with E-state index in [4.69, 9.17) is 0 Å². The molecule has 1 nitrogen and oxygen atoms in total. The zero-order chi connectivity index (χ0) is 11.5. The molecule has 0 unspecified atom stereocenters. The number of hydrogen-bond acceptors (Lipinski definition) is 2. The minimum Gasteiger partial charge on any atom is -0.256 e. The second-order valence-corrected chi connectivity index (χ2v) is 4.09. The summed E-state index contributed by atoms with van der Waals surface area (Å²) in [5.74, 6) is 0. The van der Waals surface area contributed by atoms with Gasteiger partial charge in [-0.25, -0.2) is 0 Å². The van der Waals surface area contributed by atoms with E-state index in [2.05, 4.69) is 37.2 Å². The lowest BCUT2D eigenvalue weighted by Crippen LogP contribution is -1.88. The Morgan fingerprint density at radius 1 is 1.44 bits per heavy atom. The average molecular weight is 227 g/mol. The van der Waals surface area contributed by atoms with Gasteiger partial charge >= 0.3 is 0 Å². The van der Waals surface area contributed by atoms with Gasteiger partial charge in [0.2, 0.25) is 0 Å². The Kier molecular flexibility index (Phi) is 3.11. The molecule has 2 aromatic rings. The normalized spacial score (nSPS) is 11.1. The maximum Gasteiger partial charge on any atom is 0.0748 e. The van der Waals surface area contributed by atoms with Crippen molar-refractivity contribution in [3.05, 3.63) is 54.3 Å². The van der Waals surface area contributed by atoms with Gasteiger partial charge < -0.3 is 0 Å². The van der Waals surface area contributed by atoms with E-state index >= 15 is 0 Å². The first-order chi connectivity index (χ1) is 7.74. The summed E-state index contributed by atoms with van der Waals surface area (Å²) in [6, 6.07) is 6.03. The number of aryl methyl sites for hydroxylation is 1. The summed E-state index contributed by atoms with van der Waals surface area (Å²) < 4.78 is 0. The molecule has 0 aliphatic rings. The van der Waals surface area contributed by atoms with Gasteiger partial charge in [0.15, 0.2) is 0 Å². The van der Waals surface area contributed by atoms with E-state index in [0.717, 1.165) is 21.4 Å². The highest BCUT2D eigenvalue weighted by atomic mass is 32.1. The molecule has 16 heavy (non-hydrogen) atoms. The van der Waals surface area contributed by atoms with Crippen molar-refractivity contribution in [3.8, 4) is 0 Å². The topological polar surface area (TPSA) is 12.9 Å². The van der Waals surface area contributed by atoms with Crippen LogP contribution in [0.3, 0.4) is 0 Å². The Balaban J connectivity index is 2.74. The van der Waals surface area contributed by atoms with Crippen molar-refractivity contribution in [1.82, 2.24) is 4.98 Å². The number of pyridine rings is 1. The third-order valence-corrected chi connectivity index (χ3v) is 2.95. The van der Waals surface area contributed by atoms with E-state index in [1.807, 2.05) is 30.5 Å². The Labute approximate surface area is 101 Å². The minimum atomic E-state index is 0.956. The largest absolute Gasteiger partial charge is 0.256 e. The van der Waals surface area contributed by atoms with Gasteiger partial charge in [-0.05, 0) is 30.2 Å². The SMILES string of the molecule is C=C/C=C\c1cc(S)c2cccnc2c1C.